The minimum atomic E-state index is -0.513. The van der Waals surface area contributed by atoms with Gasteiger partial charge in [0, 0.05) is 12.1 Å². The third-order valence-corrected chi connectivity index (χ3v) is 2.71. The van der Waals surface area contributed by atoms with Gasteiger partial charge in [0.25, 0.3) is 5.69 Å². The number of non-ortho nitro benzene ring substituents is 1. The molecule has 0 bridgehead atoms. The molecule has 0 spiro atoms. The Bertz CT molecular complexity index is 504. The van der Waals surface area contributed by atoms with Gasteiger partial charge in [0.2, 0.25) is 0 Å². The molecule has 6 heteroatoms. The summed E-state index contributed by atoms with van der Waals surface area (Å²) in [7, 11) is 0. The fourth-order valence-corrected chi connectivity index (χ4v) is 1.80. The first-order valence-electron chi connectivity index (χ1n) is 6.01. The van der Waals surface area contributed by atoms with Gasteiger partial charge in [-0.25, -0.2) is 0 Å². The topological polar surface area (TPSA) is 91.4 Å². The Kier molecular flexibility index (Phi) is 3.28. The van der Waals surface area contributed by atoms with Crippen molar-refractivity contribution in [2.45, 2.75) is 38.5 Å². The Morgan fingerprint density at radius 3 is 2.37 bits per heavy atom. The molecule has 1 N–H and O–H groups in total. The molecule has 0 unspecified atom stereocenters. The standard InChI is InChI=1S/C13H16N2O4/c1-13(2,3)19-12(16)11-10(14-11)8-4-6-9(7-5-8)15(17)18/h4-7,10-11,14H,1-3H3/t10-,11+/m0/s1. The highest BCUT2D eigenvalue weighted by atomic mass is 16.6. The number of nitro benzene ring substituents is 1. The molecule has 2 atom stereocenters. The van der Waals surface area contributed by atoms with Crippen LogP contribution >= 0.6 is 0 Å². The van der Waals surface area contributed by atoms with Crippen LogP contribution in [-0.4, -0.2) is 22.5 Å². The molecule has 0 amide bonds. The number of carbonyl (C=O) groups is 1. The van der Waals surface area contributed by atoms with Crippen LogP contribution in [0.4, 0.5) is 5.69 Å². The molecule has 1 aromatic carbocycles. The zero-order valence-electron chi connectivity index (χ0n) is 11.0. The average molecular weight is 264 g/mol. The van der Waals surface area contributed by atoms with Crippen LogP contribution in [0.15, 0.2) is 24.3 Å². The van der Waals surface area contributed by atoms with Gasteiger partial charge < -0.3 is 4.74 Å². The van der Waals surface area contributed by atoms with E-state index in [2.05, 4.69) is 5.32 Å². The van der Waals surface area contributed by atoms with Gasteiger partial charge in [0.1, 0.15) is 11.6 Å². The molecule has 1 aliphatic rings. The Labute approximate surface area is 110 Å². The van der Waals surface area contributed by atoms with E-state index in [0.717, 1.165) is 5.56 Å². The van der Waals surface area contributed by atoms with Gasteiger partial charge in [0.05, 0.1) is 11.0 Å². The van der Waals surface area contributed by atoms with Crippen LogP contribution in [0.3, 0.4) is 0 Å². The molecule has 19 heavy (non-hydrogen) atoms. The summed E-state index contributed by atoms with van der Waals surface area (Å²) in [6.45, 7) is 5.44. The lowest BCUT2D eigenvalue weighted by Crippen LogP contribution is -2.27. The van der Waals surface area contributed by atoms with Crippen molar-refractivity contribution in [3.8, 4) is 0 Å². The molecule has 2 rings (SSSR count). The summed E-state index contributed by atoms with van der Waals surface area (Å²) in [6.07, 6.45) is 0. The lowest BCUT2D eigenvalue weighted by molar-refractivity contribution is -0.384. The van der Waals surface area contributed by atoms with Crippen molar-refractivity contribution in [2.24, 2.45) is 0 Å². The van der Waals surface area contributed by atoms with E-state index in [9.17, 15) is 14.9 Å². The number of esters is 1. The molecule has 102 valence electrons. The molecule has 1 aliphatic heterocycles. The molecule has 0 aliphatic carbocycles. The molecule has 1 fully saturated rings. The molecule has 0 saturated carbocycles. The zero-order valence-corrected chi connectivity index (χ0v) is 11.0. The van der Waals surface area contributed by atoms with Gasteiger partial charge in [-0.2, -0.15) is 0 Å². The van der Waals surface area contributed by atoms with E-state index in [1.807, 2.05) is 20.8 Å². The van der Waals surface area contributed by atoms with Crippen LogP contribution in [0.5, 0.6) is 0 Å². The first-order chi connectivity index (χ1) is 8.78. The predicted molar refractivity (Wildman–Crippen MR) is 68.6 cm³/mol. The first-order valence-corrected chi connectivity index (χ1v) is 6.01. The number of carbonyl (C=O) groups excluding carboxylic acids is 1. The van der Waals surface area contributed by atoms with Crippen molar-refractivity contribution >= 4 is 11.7 Å². The highest BCUT2D eigenvalue weighted by molar-refractivity contribution is 5.81. The molecule has 1 heterocycles. The SMILES string of the molecule is CC(C)(C)OC(=O)[C@@H]1N[C@H]1c1ccc([N+](=O)[O-])cc1. The Hall–Kier alpha value is -1.95. The number of nitro groups is 1. The summed E-state index contributed by atoms with van der Waals surface area (Å²) in [5.41, 5.74) is 0.376. The largest absolute Gasteiger partial charge is 0.459 e. The number of rotatable bonds is 3. The van der Waals surface area contributed by atoms with E-state index in [-0.39, 0.29) is 23.7 Å². The van der Waals surface area contributed by atoms with Crippen molar-refractivity contribution in [3.63, 3.8) is 0 Å². The molecule has 0 radical (unpaired) electrons. The van der Waals surface area contributed by atoms with Gasteiger partial charge in [0.15, 0.2) is 0 Å². The van der Waals surface area contributed by atoms with E-state index < -0.39 is 10.5 Å². The second-order valence-corrected chi connectivity index (χ2v) is 5.50. The number of nitrogens with zero attached hydrogens (tertiary/aromatic N) is 1. The molecule has 0 aromatic heterocycles. The van der Waals surface area contributed by atoms with Crippen LogP contribution in [0.2, 0.25) is 0 Å². The fraction of sp³-hybridized carbons (Fsp3) is 0.462. The average Bonchev–Trinajstić information content (AvgIpc) is 3.06. The van der Waals surface area contributed by atoms with Gasteiger partial charge in [-0.1, -0.05) is 12.1 Å². The highest BCUT2D eigenvalue weighted by Crippen LogP contribution is 2.32. The van der Waals surface area contributed by atoms with Gasteiger partial charge in [-0.15, -0.1) is 0 Å². The maximum Gasteiger partial charge on any atom is 0.325 e. The van der Waals surface area contributed by atoms with E-state index in [0.29, 0.717) is 0 Å². The zero-order chi connectivity index (χ0) is 14.2. The molecule has 1 aromatic rings. The summed E-state index contributed by atoms with van der Waals surface area (Å²) in [5, 5.41) is 13.6. The van der Waals surface area contributed by atoms with E-state index >= 15 is 0 Å². The summed E-state index contributed by atoms with van der Waals surface area (Å²) in [5.74, 6) is -0.296. The van der Waals surface area contributed by atoms with Crippen LogP contribution < -0.4 is 5.32 Å². The molecular weight excluding hydrogens is 248 g/mol. The smallest absolute Gasteiger partial charge is 0.325 e. The van der Waals surface area contributed by atoms with Crippen LogP contribution in [0.25, 0.3) is 0 Å². The number of benzene rings is 1. The van der Waals surface area contributed by atoms with Gasteiger partial charge in [-0.3, -0.25) is 20.2 Å². The quantitative estimate of drug-likeness (QED) is 0.390. The fourth-order valence-electron chi connectivity index (χ4n) is 1.80. The third-order valence-electron chi connectivity index (χ3n) is 2.71. The van der Waals surface area contributed by atoms with Crippen LogP contribution in [0.1, 0.15) is 32.4 Å². The Morgan fingerprint density at radius 1 is 1.32 bits per heavy atom. The molecule has 1 saturated heterocycles. The highest BCUT2D eigenvalue weighted by Gasteiger charge is 2.45. The minimum absolute atomic E-state index is 0.0400. The molecular formula is C13H16N2O4. The first kappa shape index (κ1) is 13.5. The van der Waals surface area contributed by atoms with Crippen LogP contribution in [-0.2, 0) is 9.53 Å². The lowest BCUT2D eigenvalue weighted by Gasteiger charge is -2.19. The summed E-state index contributed by atoms with van der Waals surface area (Å²) < 4.78 is 5.27. The summed E-state index contributed by atoms with van der Waals surface area (Å²) in [6, 6.07) is 5.69. The van der Waals surface area contributed by atoms with Crippen molar-refractivity contribution in [1.29, 1.82) is 0 Å². The second kappa shape index (κ2) is 4.62. The van der Waals surface area contributed by atoms with E-state index in [1.165, 1.54) is 12.1 Å². The summed E-state index contributed by atoms with van der Waals surface area (Å²) >= 11 is 0. The normalized spacial score (nSPS) is 21.8. The third kappa shape index (κ3) is 3.29. The van der Waals surface area contributed by atoms with Crippen molar-refractivity contribution in [2.75, 3.05) is 0 Å². The molecule has 6 nitrogen and oxygen atoms in total. The van der Waals surface area contributed by atoms with E-state index in [4.69, 9.17) is 4.74 Å². The number of nitrogens with one attached hydrogen (secondary N) is 1. The Morgan fingerprint density at radius 2 is 1.89 bits per heavy atom. The van der Waals surface area contributed by atoms with Gasteiger partial charge in [-0.05, 0) is 26.3 Å². The maximum absolute atomic E-state index is 11.8. The van der Waals surface area contributed by atoms with E-state index in [1.54, 1.807) is 12.1 Å². The summed E-state index contributed by atoms with van der Waals surface area (Å²) in [4.78, 5) is 21.9. The van der Waals surface area contributed by atoms with Crippen LogP contribution in [0, 0.1) is 10.1 Å². The van der Waals surface area contributed by atoms with Crippen molar-refractivity contribution < 1.29 is 14.5 Å². The minimum Gasteiger partial charge on any atom is -0.459 e. The lowest BCUT2D eigenvalue weighted by atomic mass is 10.1. The van der Waals surface area contributed by atoms with Gasteiger partial charge >= 0.3 is 5.97 Å². The predicted octanol–water partition coefficient (Wildman–Crippen LogP) is 1.95. The van der Waals surface area contributed by atoms with Crippen molar-refractivity contribution in [1.82, 2.24) is 5.32 Å². The second-order valence-electron chi connectivity index (χ2n) is 5.50. The van der Waals surface area contributed by atoms with Crippen molar-refractivity contribution in [3.05, 3.63) is 39.9 Å². The maximum atomic E-state index is 11.8. The number of hydrogen-bond donors (Lipinski definition) is 1. The number of hydrogen-bond acceptors (Lipinski definition) is 5. The Balaban J connectivity index is 1.99. The monoisotopic (exact) mass is 264 g/mol. The number of ether oxygens (including phenoxy) is 1.